The summed E-state index contributed by atoms with van der Waals surface area (Å²) in [5.74, 6) is 0.643. The van der Waals surface area contributed by atoms with Crippen molar-refractivity contribution < 1.29 is 0 Å². The van der Waals surface area contributed by atoms with E-state index >= 15 is 0 Å². The maximum Gasteiger partial charge on any atom is 0.204 e. The van der Waals surface area contributed by atoms with Crippen LogP contribution in [0.3, 0.4) is 0 Å². The van der Waals surface area contributed by atoms with E-state index in [1.807, 2.05) is 12.1 Å². The molecule has 0 spiro atoms. The number of aromatic nitrogens is 4. The molecule has 0 radical (unpaired) electrons. The van der Waals surface area contributed by atoms with E-state index in [1.165, 1.54) is 18.4 Å². The lowest BCUT2D eigenvalue weighted by molar-refractivity contribution is 0.521. The second-order valence-corrected chi connectivity index (χ2v) is 4.82. The Morgan fingerprint density at radius 1 is 1.35 bits per heavy atom. The predicted octanol–water partition coefficient (Wildman–Crippen LogP) is 1.15. The Morgan fingerprint density at radius 3 is 2.88 bits per heavy atom. The van der Waals surface area contributed by atoms with Gasteiger partial charge in [0, 0.05) is 5.56 Å². The molecule has 1 aliphatic carbocycles. The third kappa shape index (κ3) is 2.06. The van der Waals surface area contributed by atoms with Crippen LogP contribution in [0.2, 0.25) is 0 Å². The number of H-pyrrole nitrogens is 1. The van der Waals surface area contributed by atoms with Gasteiger partial charge in [0.25, 0.3) is 0 Å². The summed E-state index contributed by atoms with van der Waals surface area (Å²) >= 11 is 0. The summed E-state index contributed by atoms with van der Waals surface area (Å²) in [4.78, 5) is 0. The van der Waals surface area contributed by atoms with Gasteiger partial charge in [0.15, 0.2) is 0 Å². The van der Waals surface area contributed by atoms with Crippen LogP contribution in [0.4, 0.5) is 0 Å². The summed E-state index contributed by atoms with van der Waals surface area (Å²) in [7, 11) is 0. The van der Waals surface area contributed by atoms with Gasteiger partial charge in [-0.05, 0) is 48.1 Å². The molecular weight excluding hydrogens is 214 g/mol. The average Bonchev–Trinajstić information content (AvgIpc) is 2.93. The zero-order valence-electron chi connectivity index (χ0n) is 9.56. The largest absolute Gasteiger partial charge is 0.330 e. The lowest BCUT2D eigenvalue weighted by Crippen LogP contribution is -2.17. The predicted molar refractivity (Wildman–Crippen MR) is 64.0 cm³/mol. The second kappa shape index (κ2) is 3.92. The van der Waals surface area contributed by atoms with Crippen LogP contribution in [0, 0.1) is 5.41 Å². The lowest BCUT2D eigenvalue weighted by atomic mass is 9.95. The summed E-state index contributed by atoms with van der Waals surface area (Å²) in [6.07, 6.45) is 3.54. The number of tetrazole rings is 1. The van der Waals surface area contributed by atoms with Crippen molar-refractivity contribution >= 4 is 0 Å². The van der Waals surface area contributed by atoms with Gasteiger partial charge in [-0.15, -0.1) is 10.2 Å². The molecule has 2 aromatic rings. The van der Waals surface area contributed by atoms with Crippen LogP contribution < -0.4 is 5.73 Å². The van der Waals surface area contributed by atoms with Crippen LogP contribution in [-0.2, 0) is 6.42 Å². The fourth-order valence-corrected chi connectivity index (χ4v) is 2.17. The molecule has 0 unspecified atom stereocenters. The zero-order valence-corrected chi connectivity index (χ0v) is 9.56. The van der Waals surface area contributed by atoms with Gasteiger partial charge in [-0.2, -0.15) is 5.21 Å². The van der Waals surface area contributed by atoms with E-state index in [-0.39, 0.29) is 0 Å². The van der Waals surface area contributed by atoms with E-state index in [0.29, 0.717) is 11.2 Å². The fraction of sp³-hybridized carbons (Fsp3) is 0.417. The first-order chi connectivity index (χ1) is 8.31. The van der Waals surface area contributed by atoms with Gasteiger partial charge in [0.2, 0.25) is 5.82 Å². The molecule has 17 heavy (non-hydrogen) atoms. The molecule has 0 aliphatic heterocycles. The number of benzene rings is 1. The highest BCUT2D eigenvalue weighted by atomic mass is 15.5. The minimum absolute atomic E-state index is 0.357. The van der Waals surface area contributed by atoms with Crippen LogP contribution in [0.15, 0.2) is 24.3 Å². The molecular formula is C12H15N5. The van der Waals surface area contributed by atoms with Crippen LogP contribution in [0.5, 0.6) is 0 Å². The molecule has 5 heteroatoms. The first kappa shape index (κ1) is 10.4. The van der Waals surface area contributed by atoms with E-state index in [0.717, 1.165) is 18.5 Å². The normalized spacial score (nSPS) is 17.0. The molecule has 0 saturated heterocycles. The van der Waals surface area contributed by atoms with Crippen LogP contribution in [0.1, 0.15) is 18.4 Å². The standard InChI is InChI=1S/C12H15N5/c13-8-12(4-5-12)7-9-2-1-3-10(6-9)11-14-16-17-15-11/h1-3,6H,4-5,7-8,13H2,(H,14,15,16,17). The summed E-state index contributed by atoms with van der Waals surface area (Å²) < 4.78 is 0. The highest BCUT2D eigenvalue weighted by molar-refractivity contribution is 5.55. The molecule has 1 aliphatic rings. The SMILES string of the molecule is NCC1(Cc2cccc(-c3nn[nH]n3)c2)CC1. The lowest BCUT2D eigenvalue weighted by Gasteiger charge is -2.12. The van der Waals surface area contributed by atoms with E-state index in [4.69, 9.17) is 5.73 Å². The minimum atomic E-state index is 0.357. The Bertz CT molecular complexity index is 501. The van der Waals surface area contributed by atoms with E-state index < -0.39 is 0 Å². The fourth-order valence-electron chi connectivity index (χ4n) is 2.17. The van der Waals surface area contributed by atoms with Crippen LogP contribution in [0.25, 0.3) is 11.4 Å². The first-order valence-corrected chi connectivity index (χ1v) is 5.84. The molecule has 0 amide bonds. The Hall–Kier alpha value is -1.75. The molecule has 0 bridgehead atoms. The van der Waals surface area contributed by atoms with E-state index in [9.17, 15) is 0 Å². The number of nitrogens with one attached hydrogen (secondary N) is 1. The summed E-state index contributed by atoms with van der Waals surface area (Å²) in [6.45, 7) is 0.777. The van der Waals surface area contributed by atoms with Crippen molar-refractivity contribution in [3.8, 4) is 11.4 Å². The van der Waals surface area contributed by atoms with Crippen molar-refractivity contribution in [3.63, 3.8) is 0 Å². The summed E-state index contributed by atoms with van der Waals surface area (Å²) in [5, 5.41) is 14.0. The molecule has 1 saturated carbocycles. The maximum atomic E-state index is 5.81. The van der Waals surface area contributed by atoms with Crippen molar-refractivity contribution in [2.45, 2.75) is 19.3 Å². The van der Waals surface area contributed by atoms with Crippen molar-refractivity contribution in [3.05, 3.63) is 29.8 Å². The van der Waals surface area contributed by atoms with Crippen molar-refractivity contribution in [2.75, 3.05) is 6.54 Å². The third-order valence-electron chi connectivity index (χ3n) is 3.50. The molecule has 1 heterocycles. The summed E-state index contributed by atoms with van der Waals surface area (Å²) in [5.41, 5.74) is 8.47. The molecule has 1 aromatic carbocycles. The number of hydrogen-bond donors (Lipinski definition) is 2. The number of aromatic amines is 1. The quantitative estimate of drug-likeness (QED) is 0.824. The molecule has 1 fully saturated rings. The zero-order chi connectivity index (χ0) is 11.7. The summed E-state index contributed by atoms with van der Waals surface area (Å²) in [6, 6.07) is 8.30. The number of hydrogen-bond acceptors (Lipinski definition) is 4. The minimum Gasteiger partial charge on any atom is -0.330 e. The van der Waals surface area contributed by atoms with Gasteiger partial charge in [0.05, 0.1) is 0 Å². The highest BCUT2D eigenvalue weighted by Gasteiger charge is 2.40. The van der Waals surface area contributed by atoms with Gasteiger partial charge in [-0.25, -0.2) is 0 Å². The molecule has 1 aromatic heterocycles. The molecule has 5 nitrogen and oxygen atoms in total. The topological polar surface area (TPSA) is 80.5 Å². The van der Waals surface area contributed by atoms with Crippen molar-refractivity contribution in [1.82, 2.24) is 20.6 Å². The maximum absolute atomic E-state index is 5.81. The van der Waals surface area contributed by atoms with Gasteiger partial charge in [-0.3, -0.25) is 0 Å². The van der Waals surface area contributed by atoms with Gasteiger partial charge in [-0.1, -0.05) is 18.2 Å². The van der Waals surface area contributed by atoms with Gasteiger partial charge >= 0.3 is 0 Å². The van der Waals surface area contributed by atoms with Crippen molar-refractivity contribution in [1.29, 1.82) is 0 Å². The monoisotopic (exact) mass is 229 g/mol. The number of nitrogens with zero attached hydrogens (tertiary/aromatic N) is 3. The van der Waals surface area contributed by atoms with Crippen LogP contribution in [-0.4, -0.2) is 27.2 Å². The Morgan fingerprint density at radius 2 is 2.24 bits per heavy atom. The number of nitrogens with two attached hydrogens (primary N) is 1. The highest BCUT2D eigenvalue weighted by Crippen LogP contribution is 2.47. The number of rotatable bonds is 4. The van der Waals surface area contributed by atoms with Gasteiger partial charge in [0.1, 0.15) is 0 Å². The molecule has 0 atom stereocenters. The molecule has 3 N–H and O–H groups in total. The average molecular weight is 229 g/mol. The first-order valence-electron chi connectivity index (χ1n) is 5.84. The van der Waals surface area contributed by atoms with E-state index in [2.05, 4.69) is 32.8 Å². The third-order valence-corrected chi connectivity index (χ3v) is 3.50. The van der Waals surface area contributed by atoms with Crippen LogP contribution >= 0.6 is 0 Å². The smallest absolute Gasteiger partial charge is 0.204 e. The Kier molecular flexibility index (Phi) is 2.40. The van der Waals surface area contributed by atoms with E-state index in [1.54, 1.807) is 0 Å². The molecule has 88 valence electrons. The Balaban J connectivity index is 1.85. The van der Waals surface area contributed by atoms with Crippen molar-refractivity contribution in [2.24, 2.45) is 11.1 Å². The second-order valence-electron chi connectivity index (χ2n) is 4.82. The van der Waals surface area contributed by atoms with Gasteiger partial charge < -0.3 is 5.73 Å². The Labute approximate surface area is 99.4 Å². The molecule has 3 rings (SSSR count).